The van der Waals surface area contributed by atoms with Crippen LogP contribution in [0, 0.1) is 10.1 Å². The summed E-state index contributed by atoms with van der Waals surface area (Å²) in [5, 5.41) is 18.9. The van der Waals surface area contributed by atoms with Crippen molar-refractivity contribution < 1.29 is 14.5 Å². The van der Waals surface area contributed by atoms with Gasteiger partial charge in [0.1, 0.15) is 11.4 Å². The molecule has 1 heterocycles. The van der Waals surface area contributed by atoms with E-state index < -0.39 is 4.92 Å². The number of carbonyl (C=O) groups excluding carboxylic acids is 1. The summed E-state index contributed by atoms with van der Waals surface area (Å²) in [6.07, 6.45) is 0. The van der Waals surface area contributed by atoms with E-state index in [4.69, 9.17) is 4.74 Å². The molecule has 8 heteroatoms. The first-order chi connectivity index (χ1) is 16.0. The Bertz CT molecular complexity index is 1280. The molecular weight excluding hydrogens is 420 g/mol. The first-order valence-corrected chi connectivity index (χ1v) is 10.3. The summed E-state index contributed by atoms with van der Waals surface area (Å²) < 4.78 is 6.64. The van der Waals surface area contributed by atoms with Crippen LogP contribution in [-0.2, 0) is 0 Å². The molecule has 3 aromatic carbocycles. The summed E-state index contributed by atoms with van der Waals surface area (Å²) >= 11 is 0. The fraction of sp³-hybridized carbons (Fsp3) is 0.120. The Morgan fingerprint density at radius 2 is 1.76 bits per heavy atom. The molecule has 0 radical (unpaired) electrons. The van der Waals surface area contributed by atoms with Crippen molar-refractivity contribution in [3.05, 3.63) is 106 Å². The molecule has 0 bridgehead atoms. The number of methoxy groups -OCH3 is 1. The quantitative estimate of drug-likeness (QED) is 0.323. The third kappa shape index (κ3) is 4.74. The van der Waals surface area contributed by atoms with Crippen LogP contribution in [0.1, 0.15) is 29.0 Å². The highest BCUT2D eigenvalue weighted by molar-refractivity contribution is 5.94. The Labute approximate surface area is 190 Å². The number of nitrogens with one attached hydrogen (secondary N) is 1. The van der Waals surface area contributed by atoms with Gasteiger partial charge in [0.2, 0.25) is 0 Å². The molecule has 4 rings (SSSR count). The van der Waals surface area contributed by atoms with E-state index in [9.17, 15) is 14.9 Å². The second kappa shape index (κ2) is 9.35. The maximum atomic E-state index is 13.3. The van der Waals surface area contributed by atoms with Crippen molar-refractivity contribution in [2.24, 2.45) is 0 Å². The summed E-state index contributed by atoms with van der Waals surface area (Å²) in [5.74, 6) is 0.358. The maximum Gasteiger partial charge on any atom is 0.271 e. The topological polar surface area (TPSA) is 99.3 Å². The van der Waals surface area contributed by atoms with Gasteiger partial charge in [-0.05, 0) is 48.9 Å². The van der Waals surface area contributed by atoms with Gasteiger partial charge in [-0.25, -0.2) is 4.68 Å². The molecule has 0 unspecified atom stereocenters. The van der Waals surface area contributed by atoms with Gasteiger partial charge in [0.15, 0.2) is 0 Å². The smallest absolute Gasteiger partial charge is 0.271 e. The number of nitrogens with zero attached hydrogens (tertiary/aromatic N) is 3. The summed E-state index contributed by atoms with van der Waals surface area (Å²) in [5.41, 5.74) is 2.90. The largest absolute Gasteiger partial charge is 0.497 e. The molecule has 4 aromatic rings. The predicted molar refractivity (Wildman–Crippen MR) is 125 cm³/mol. The van der Waals surface area contributed by atoms with E-state index in [1.54, 1.807) is 37.4 Å². The van der Waals surface area contributed by atoms with Gasteiger partial charge in [-0.1, -0.05) is 36.4 Å². The molecule has 1 aromatic heterocycles. The van der Waals surface area contributed by atoms with Crippen LogP contribution in [0.5, 0.6) is 5.75 Å². The monoisotopic (exact) mass is 442 g/mol. The van der Waals surface area contributed by atoms with Gasteiger partial charge >= 0.3 is 0 Å². The number of carbonyl (C=O) groups is 1. The highest BCUT2D eigenvalue weighted by Gasteiger charge is 2.21. The molecule has 0 aliphatic heterocycles. The molecule has 0 fully saturated rings. The molecule has 0 saturated heterocycles. The van der Waals surface area contributed by atoms with Crippen LogP contribution in [0.3, 0.4) is 0 Å². The first-order valence-electron chi connectivity index (χ1n) is 10.3. The standard InChI is InChI=1S/C25H22N4O4/c1-17(18-7-4-3-5-8-18)26-25(30)24-16-23(19-11-13-22(33-2)14-12-19)27-28(24)20-9-6-10-21(15-20)29(31)32/h3-17H,1-2H3,(H,26,30)/t17-/m0/s1. The Hall–Kier alpha value is -4.46. The minimum absolute atomic E-state index is 0.0852. The molecule has 1 amide bonds. The van der Waals surface area contributed by atoms with E-state index >= 15 is 0 Å². The lowest BCUT2D eigenvalue weighted by molar-refractivity contribution is -0.384. The fourth-order valence-electron chi connectivity index (χ4n) is 3.48. The van der Waals surface area contributed by atoms with E-state index in [0.717, 1.165) is 11.1 Å². The minimum atomic E-state index is -0.478. The van der Waals surface area contributed by atoms with Crippen molar-refractivity contribution >= 4 is 11.6 Å². The zero-order valence-corrected chi connectivity index (χ0v) is 18.1. The van der Waals surface area contributed by atoms with Gasteiger partial charge in [-0.15, -0.1) is 0 Å². The van der Waals surface area contributed by atoms with Gasteiger partial charge in [-0.2, -0.15) is 5.10 Å². The zero-order valence-electron chi connectivity index (χ0n) is 18.1. The normalized spacial score (nSPS) is 11.6. The van der Waals surface area contributed by atoms with E-state index in [-0.39, 0.29) is 23.3 Å². The number of hydrogen-bond donors (Lipinski definition) is 1. The number of benzene rings is 3. The Balaban J connectivity index is 1.75. The maximum absolute atomic E-state index is 13.3. The van der Waals surface area contributed by atoms with Crippen LogP contribution in [0.2, 0.25) is 0 Å². The summed E-state index contributed by atoms with van der Waals surface area (Å²) in [6.45, 7) is 1.89. The second-order valence-corrected chi connectivity index (χ2v) is 7.44. The molecule has 0 saturated carbocycles. The lowest BCUT2D eigenvalue weighted by Gasteiger charge is -2.15. The molecular formula is C25H22N4O4. The van der Waals surface area contributed by atoms with E-state index in [0.29, 0.717) is 17.1 Å². The van der Waals surface area contributed by atoms with Gasteiger partial charge in [0, 0.05) is 17.7 Å². The zero-order chi connectivity index (χ0) is 23.4. The number of amides is 1. The van der Waals surface area contributed by atoms with E-state index in [1.165, 1.54) is 16.8 Å². The molecule has 1 N–H and O–H groups in total. The van der Waals surface area contributed by atoms with Crippen molar-refractivity contribution in [3.63, 3.8) is 0 Å². The Morgan fingerprint density at radius 1 is 1.03 bits per heavy atom. The molecule has 1 atom stereocenters. The lowest BCUT2D eigenvalue weighted by atomic mass is 10.1. The third-order valence-corrected chi connectivity index (χ3v) is 5.26. The Kier molecular flexibility index (Phi) is 6.17. The molecule has 166 valence electrons. The average Bonchev–Trinajstić information content (AvgIpc) is 3.30. The van der Waals surface area contributed by atoms with Crippen molar-refractivity contribution in [2.75, 3.05) is 7.11 Å². The Morgan fingerprint density at radius 3 is 2.42 bits per heavy atom. The van der Waals surface area contributed by atoms with Gasteiger partial charge in [0.05, 0.1) is 29.5 Å². The third-order valence-electron chi connectivity index (χ3n) is 5.26. The first kappa shape index (κ1) is 21.8. The molecule has 0 aliphatic rings. The van der Waals surface area contributed by atoms with Crippen molar-refractivity contribution in [1.29, 1.82) is 0 Å². The van der Waals surface area contributed by atoms with E-state index in [1.807, 2.05) is 49.4 Å². The summed E-state index contributed by atoms with van der Waals surface area (Å²) in [4.78, 5) is 24.1. The minimum Gasteiger partial charge on any atom is -0.497 e. The molecule has 0 aliphatic carbocycles. The van der Waals surface area contributed by atoms with Gasteiger partial charge in [0.25, 0.3) is 11.6 Å². The van der Waals surface area contributed by atoms with Crippen LogP contribution >= 0.6 is 0 Å². The average molecular weight is 442 g/mol. The van der Waals surface area contributed by atoms with Crippen molar-refractivity contribution in [1.82, 2.24) is 15.1 Å². The van der Waals surface area contributed by atoms with Crippen molar-refractivity contribution in [3.8, 4) is 22.7 Å². The number of nitro groups is 1. The number of non-ortho nitro benzene ring substituents is 1. The highest BCUT2D eigenvalue weighted by atomic mass is 16.6. The fourth-order valence-corrected chi connectivity index (χ4v) is 3.48. The molecule has 0 spiro atoms. The van der Waals surface area contributed by atoms with Crippen LogP contribution in [0.15, 0.2) is 84.9 Å². The summed E-state index contributed by atoms with van der Waals surface area (Å²) in [6, 6.07) is 24.4. The number of hydrogen-bond acceptors (Lipinski definition) is 5. The van der Waals surface area contributed by atoms with Crippen molar-refractivity contribution in [2.45, 2.75) is 13.0 Å². The van der Waals surface area contributed by atoms with Crippen LogP contribution < -0.4 is 10.1 Å². The van der Waals surface area contributed by atoms with Crippen LogP contribution in [0.4, 0.5) is 5.69 Å². The number of aromatic nitrogens is 2. The SMILES string of the molecule is COc1ccc(-c2cc(C(=O)N[C@@H](C)c3ccccc3)n(-c3cccc([N+](=O)[O-])c3)n2)cc1. The van der Waals surface area contributed by atoms with Gasteiger partial charge in [-0.3, -0.25) is 14.9 Å². The predicted octanol–water partition coefficient (Wildman–Crippen LogP) is 4.95. The summed E-state index contributed by atoms with van der Waals surface area (Å²) in [7, 11) is 1.59. The highest BCUT2D eigenvalue weighted by Crippen LogP contribution is 2.26. The number of ether oxygens (including phenoxy) is 1. The van der Waals surface area contributed by atoms with Crippen LogP contribution in [-0.4, -0.2) is 27.7 Å². The number of nitro benzene ring substituents is 1. The molecule has 8 nitrogen and oxygen atoms in total. The number of rotatable bonds is 7. The second-order valence-electron chi connectivity index (χ2n) is 7.44. The lowest BCUT2D eigenvalue weighted by Crippen LogP contribution is -2.28. The van der Waals surface area contributed by atoms with Crippen LogP contribution in [0.25, 0.3) is 16.9 Å². The molecule has 33 heavy (non-hydrogen) atoms. The van der Waals surface area contributed by atoms with Gasteiger partial charge < -0.3 is 10.1 Å². The van der Waals surface area contributed by atoms with E-state index in [2.05, 4.69) is 10.4 Å².